The van der Waals surface area contributed by atoms with Crippen molar-refractivity contribution in [2.24, 2.45) is 0 Å². The topological polar surface area (TPSA) is 67.2 Å². The number of amides is 1. The number of hydrogen-bond donors (Lipinski definition) is 2. The fraction of sp³-hybridized carbons (Fsp3) is 0.103. The number of nitrogens with zero attached hydrogens (tertiary/aromatic N) is 2. The number of fused-ring (bicyclic) bond motifs is 1. The fourth-order valence-corrected chi connectivity index (χ4v) is 4.44. The average molecular weight is 500 g/mol. The van der Waals surface area contributed by atoms with E-state index in [1.807, 2.05) is 54.6 Å². The molecule has 0 fully saturated rings. The van der Waals surface area contributed by atoms with Gasteiger partial charge in [0.1, 0.15) is 11.5 Å². The predicted octanol–water partition coefficient (Wildman–Crippen LogP) is 5.82. The van der Waals surface area contributed by atoms with Crippen molar-refractivity contribution in [1.29, 1.82) is 0 Å². The number of aliphatic hydroxyl groups is 1. The summed E-state index contributed by atoms with van der Waals surface area (Å²) in [7, 11) is 0. The lowest BCUT2D eigenvalue weighted by atomic mass is 10.0. The van der Waals surface area contributed by atoms with Gasteiger partial charge >= 0.3 is 0 Å². The van der Waals surface area contributed by atoms with E-state index in [0.29, 0.717) is 33.9 Å². The third-order valence-corrected chi connectivity index (χ3v) is 6.35. The zero-order chi connectivity index (χ0) is 25.1. The molecule has 5 rings (SSSR count). The van der Waals surface area contributed by atoms with Crippen molar-refractivity contribution >= 4 is 28.4 Å². The number of aliphatic hydroxyl groups excluding tert-OH is 1. The molecule has 0 saturated heterocycles. The summed E-state index contributed by atoms with van der Waals surface area (Å²) >= 11 is 6.47. The highest BCUT2D eigenvalue weighted by Crippen LogP contribution is 2.34. The Hall–Kier alpha value is -4.00. The van der Waals surface area contributed by atoms with Crippen molar-refractivity contribution in [3.63, 3.8) is 0 Å². The second-order valence-electron chi connectivity index (χ2n) is 8.49. The largest absolute Gasteiger partial charge is 0.394 e. The van der Waals surface area contributed by atoms with E-state index in [-0.39, 0.29) is 18.3 Å². The van der Waals surface area contributed by atoms with Crippen LogP contribution < -0.4 is 5.32 Å². The molecule has 1 amide bonds. The molecule has 180 valence electrons. The molecular formula is C29H23ClFN3O2. The molecule has 4 aromatic carbocycles. The van der Waals surface area contributed by atoms with Crippen LogP contribution in [0.3, 0.4) is 0 Å². The van der Waals surface area contributed by atoms with Gasteiger partial charge in [0.15, 0.2) is 0 Å². The molecule has 5 nitrogen and oxygen atoms in total. The lowest BCUT2D eigenvalue weighted by Gasteiger charge is -2.16. The molecule has 2 N–H and O–H groups in total. The molecule has 0 saturated carbocycles. The normalized spacial score (nSPS) is 12.0. The van der Waals surface area contributed by atoms with E-state index >= 15 is 0 Å². The molecule has 0 aliphatic carbocycles. The lowest BCUT2D eigenvalue weighted by molar-refractivity contribution is 0.0916. The minimum atomic E-state index is -0.434. The standard InChI is InChI=1S/C29H23ClFN3O2/c30-26-9-5-4-8-24(26)28-25-15-10-20(17-27(25)34(33-28)23-13-11-21(31)12-14-23)29(36)32-22(18-35)16-19-6-2-1-3-7-19/h1-15,17,22,35H,16,18H2,(H,32,36). The van der Waals surface area contributed by atoms with Crippen molar-refractivity contribution in [1.82, 2.24) is 15.1 Å². The number of hydrogen-bond acceptors (Lipinski definition) is 3. The van der Waals surface area contributed by atoms with Gasteiger partial charge in [-0.05, 0) is 60.5 Å². The van der Waals surface area contributed by atoms with Gasteiger partial charge in [-0.15, -0.1) is 0 Å². The van der Waals surface area contributed by atoms with Crippen LogP contribution in [-0.4, -0.2) is 33.4 Å². The van der Waals surface area contributed by atoms with Crippen molar-refractivity contribution in [3.8, 4) is 16.9 Å². The first-order valence-electron chi connectivity index (χ1n) is 11.5. The minimum absolute atomic E-state index is 0.187. The van der Waals surface area contributed by atoms with E-state index in [4.69, 9.17) is 16.7 Å². The van der Waals surface area contributed by atoms with E-state index in [9.17, 15) is 14.3 Å². The number of nitrogens with one attached hydrogen (secondary N) is 1. The Bertz CT molecular complexity index is 1520. The summed E-state index contributed by atoms with van der Waals surface area (Å²) in [5, 5.41) is 18.9. The Balaban J connectivity index is 1.54. The highest BCUT2D eigenvalue weighted by atomic mass is 35.5. The third-order valence-electron chi connectivity index (χ3n) is 6.02. The molecule has 0 bridgehead atoms. The number of carbonyl (C=O) groups is 1. The van der Waals surface area contributed by atoms with Gasteiger partial charge in [-0.1, -0.05) is 60.1 Å². The first-order chi connectivity index (χ1) is 17.5. The number of benzene rings is 4. The Morgan fingerprint density at radius 3 is 2.42 bits per heavy atom. The van der Waals surface area contributed by atoms with Gasteiger partial charge < -0.3 is 10.4 Å². The number of rotatable bonds is 7. The Morgan fingerprint density at radius 2 is 1.69 bits per heavy atom. The number of halogens is 2. The SMILES string of the molecule is O=C(NC(CO)Cc1ccccc1)c1ccc2c(-c3ccccc3Cl)nn(-c3ccc(F)cc3)c2c1. The third kappa shape index (κ3) is 4.87. The van der Waals surface area contributed by atoms with Gasteiger partial charge in [0, 0.05) is 16.5 Å². The summed E-state index contributed by atoms with van der Waals surface area (Å²) in [6.45, 7) is -0.187. The lowest BCUT2D eigenvalue weighted by Crippen LogP contribution is -2.39. The van der Waals surface area contributed by atoms with E-state index < -0.39 is 6.04 Å². The van der Waals surface area contributed by atoms with E-state index in [1.54, 1.807) is 35.0 Å². The first kappa shape index (κ1) is 23.7. The molecule has 1 aromatic heterocycles. The van der Waals surface area contributed by atoms with Crippen LogP contribution in [0.2, 0.25) is 5.02 Å². The van der Waals surface area contributed by atoms with Crippen LogP contribution in [0.1, 0.15) is 15.9 Å². The summed E-state index contributed by atoms with van der Waals surface area (Å²) in [4.78, 5) is 13.1. The molecule has 1 heterocycles. The number of aromatic nitrogens is 2. The maximum Gasteiger partial charge on any atom is 0.251 e. The van der Waals surface area contributed by atoms with Crippen molar-refractivity contribution in [3.05, 3.63) is 119 Å². The van der Waals surface area contributed by atoms with Gasteiger partial charge in [0.2, 0.25) is 0 Å². The number of carbonyl (C=O) groups excluding carboxylic acids is 1. The second-order valence-corrected chi connectivity index (χ2v) is 8.90. The van der Waals surface area contributed by atoms with Gasteiger partial charge in [-0.3, -0.25) is 4.79 Å². The maximum atomic E-state index is 13.6. The van der Waals surface area contributed by atoms with Gasteiger partial charge in [0.05, 0.1) is 28.9 Å². The first-order valence-corrected chi connectivity index (χ1v) is 11.9. The van der Waals surface area contributed by atoms with Crippen LogP contribution in [0, 0.1) is 5.82 Å². The molecule has 7 heteroatoms. The van der Waals surface area contributed by atoms with Crippen LogP contribution >= 0.6 is 11.6 Å². The molecule has 36 heavy (non-hydrogen) atoms. The minimum Gasteiger partial charge on any atom is -0.394 e. The van der Waals surface area contributed by atoms with Crippen molar-refractivity contribution in [2.45, 2.75) is 12.5 Å². The summed E-state index contributed by atoms with van der Waals surface area (Å²) in [6, 6.07) is 28.0. The summed E-state index contributed by atoms with van der Waals surface area (Å²) in [6.07, 6.45) is 0.509. The Kier molecular flexibility index (Phi) is 6.80. The van der Waals surface area contributed by atoms with Crippen molar-refractivity contribution < 1.29 is 14.3 Å². The molecule has 0 aliphatic rings. The maximum absolute atomic E-state index is 13.6. The molecule has 1 unspecified atom stereocenters. The monoisotopic (exact) mass is 499 g/mol. The molecular weight excluding hydrogens is 477 g/mol. The zero-order valence-electron chi connectivity index (χ0n) is 19.2. The van der Waals surface area contributed by atoms with Crippen LogP contribution in [0.4, 0.5) is 4.39 Å². The molecule has 0 spiro atoms. The Morgan fingerprint density at radius 1 is 0.972 bits per heavy atom. The summed E-state index contributed by atoms with van der Waals surface area (Å²) in [5.41, 5.74) is 4.17. The summed E-state index contributed by atoms with van der Waals surface area (Å²) in [5.74, 6) is -0.659. The van der Waals surface area contributed by atoms with Gasteiger partial charge in [-0.2, -0.15) is 5.10 Å². The highest BCUT2D eigenvalue weighted by Gasteiger charge is 2.19. The van der Waals surface area contributed by atoms with Crippen LogP contribution in [0.5, 0.6) is 0 Å². The van der Waals surface area contributed by atoms with E-state index in [2.05, 4.69) is 5.32 Å². The predicted molar refractivity (Wildman–Crippen MR) is 140 cm³/mol. The Labute approximate surface area is 212 Å². The molecule has 0 radical (unpaired) electrons. The summed E-state index contributed by atoms with van der Waals surface area (Å²) < 4.78 is 15.3. The van der Waals surface area contributed by atoms with E-state index in [1.165, 1.54) is 12.1 Å². The second kappa shape index (κ2) is 10.3. The molecule has 5 aromatic rings. The zero-order valence-corrected chi connectivity index (χ0v) is 20.0. The van der Waals surface area contributed by atoms with Crippen LogP contribution in [0.25, 0.3) is 27.8 Å². The average Bonchev–Trinajstić information content (AvgIpc) is 3.28. The quantitative estimate of drug-likeness (QED) is 0.296. The highest BCUT2D eigenvalue weighted by molar-refractivity contribution is 6.33. The van der Waals surface area contributed by atoms with Crippen LogP contribution in [-0.2, 0) is 6.42 Å². The van der Waals surface area contributed by atoms with E-state index in [0.717, 1.165) is 16.5 Å². The molecule has 0 aliphatic heterocycles. The van der Waals surface area contributed by atoms with Crippen molar-refractivity contribution in [2.75, 3.05) is 6.61 Å². The van der Waals surface area contributed by atoms with Gasteiger partial charge in [-0.25, -0.2) is 9.07 Å². The van der Waals surface area contributed by atoms with Gasteiger partial charge in [0.25, 0.3) is 5.91 Å². The molecule has 1 atom stereocenters. The fourth-order valence-electron chi connectivity index (χ4n) is 4.22. The smallest absolute Gasteiger partial charge is 0.251 e. The van der Waals surface area contributed by atoms with Crippen LogP contribution in [0.15, 0.2) is 97.1 Å².